The van der Waals surface area contributed by atoms with Crippen LogP contribution in [0.1, 0.15) is 11.3 Å². The first kappa shape index (κ1) is 9.71. The van der Waals surface area contributed by atoms with E-state index in [1.54, 1.807) is 6.07 Å². The third-order valence-electron chi connectivity index (χ3n) is 2.47. The number of hydrogen-bond donors (Lipinski definition) is 0. The summed E-state index contributed by atoms with van der Waals surface area (Å²) in [5.74, 6) is 0. The van der Waals surface area contributed by atoms with Gasteiger partial charge in [-0.25, -0.2) is 0 Å². The monoisotopic (exact) mass is 199 g/mol. The van der Waals surface area contributed by atoms with Crippen LogP contribution in [-0.2, 0) is 0 Å². The van der Waals surface area contributed by atoms with Crippen molar-refractivity contribution in [1.82, 2.24) is 4.57 Å². The molecule has 2 nitrogen and oxygen atoms in total. The molecule has 15 heavy (non-hydrogen) atoms. The number of pyridine rings is 1. The number of nitrogens with zero attached hydrogens (tertiary/aromatic N) is 1. The normalized spacial score (nSPS) is 10.3. The number of benzene rings is 1. The van der Waals surface area contributed by atoms with E-state index in [2.05, 4.69) is 0 Å². The van der Waals surface area contributed by atoms with E-state index in [9.17, 15) is 4.79 Å². The van der Waals surface area contributed by atoms with Crippen LogP contribution < -0.4 is 5.43 Å². The Morgan fingerprint density at radius 3 is 2.40 bits per heavy atom. The maximum absolute atomic E-state index is 11.4. The molecule has 0 fully saturated rings. The summed E-state index contributed by atoms with van der Waals surface area (Å²) in [6.07, 6.45) is 1.88. The molecular weight excluding hydrogens is 186 g/mol. The summed E-state index contributed by atoms with van der Waals surface area (Å²) in [4.78, 5) is 11.4. The van der Waals surface area contributed by atoms with Crippen LogP contribution >= 0.6 is 0 Å². The third-order valence-corrected chi connectivity index (χ3v) is 2.47. The first-order valence-electron chi connectivity index (χ1n) is 4.94. The van der Waals surface area contributed by atoms with Gasteiger partial charge in [-0.2, -0.15) is 0 Å². The molecule has 0 N–H and O–H groups in total. The largest absolute Gasteiger partial charge is 0.321 e. The van der Waals surface area contributed by atoms with Gasteiger partial charge in [0.25, 0.3) is 0 Å². The van der Waals surface area contributed by atoms with Crippen molar-refractivity contribution in [3.05, 3.63) is 64.1 Å². The minimum absolute atomic E-state index is 0.0969. The molecule has 1 aromatic heterocycles. The van der Waals surface area contributed by atoms with Gasteiger partial charge >= 0.3 is 0 Å². The molecule has 2 rings (SSSR count). The molecule has 0 saturated heterocycles. The van der Waals surface area contributed by atoms with Crippen molar-refractivity contribution in [1.29, 1.82) is 0 Å². The van der Waals surface area contributed by atoms with Crippen molar-refractivity contribution >= 4 is 0 Å². The van der Waals surface area contributed by atoms with Crippen LogP contribution in [0.4, 0.5) is 0 Å². The summed E-state index contributed by atoms with van der Waals surface area (Å²) in [5, 5.41) is 0. The lowest BCUT2D eigenvalue weighted by Crippen LogP contribution is -2.11. The van der Waals surface area contributed by atoms with Crippen LogP contribution in [-0.4, -0.2) is 4.57 Å². The van der Waals surface area contributed by atoms with Gasteiger partial charge in [-0.05, 0) is 26.0 Å². The van der Waals surface area contributed by atoms with Gasteiger partial charge in [0.15, 0.2) is 5.43 Å². The highest BCUT2D eigenvalue weighted by Crippen LogP contribution is 2.09. The highest BCUT2D eigenvalue weighted by molar-refractivity contribution is 5.35. The Balaban J connectivity index is 2.64. The van der Waals surface area contributed by atoms with E-state index in [-0.39, 0.29) is 5.43 Å². The van der Waals surface area contributed by atoms with Crippen LogP contribution in [0.2, 0.25) is 0 Å². The smallest absolute Gasteiger partial charge is 0.184 e. The van der Waals surface area contributed by atoms with E-state index in [0.717, 1.165) is 16.9 Å². The van der Waals surface area contributed by atoms with E-state index in [1.807, 2.05) is 54.9 Å². The quantitative estimate of drug-likeness (QED) is 0.691. The summed E-state index contributed by atoms with van der Waals surface area (Å²) in [6, 6.07) is 11.7. The molecule has 0 spiro atoms. The first-order chi connectivity index (χ1) is 7.18. The van der Waals surface area contributed by atoms with Gasteiger partial charge in [0.1, 0.15) is 0 Å². The van der Waals surface area contributed by atoms with Gasteiger partial charge in [0.05, 0.1) is 0 Å². The Hall–Kier alpha value is -1.83. The second kappa shape index (κ2) is 3.73. The van der Waals surface area contributed by atoms with Gasteiger partial charge < -0.3 is 4.57 Å². The molecule has 2 heteroatoms. The van der Waals surface area contributed by atoms with Crippen molar-refractivity contribution in [2.24, 2.45) is 0 Å². The van der Waals surface area contributed by atoms with Gasteiger partial charge in [-0.3, -0.25) is 4.79 Å². The molecule has 2 aromatic rings. The highest BCUT2D eigenvalue weighted by Gasteiger charge is 2.01. The second-order valence-corrected chi connectivity index (χ2v) is 3.67. The van der Waals surface area contributed by atoms with Gasteiger partial charge in [-0.1, -0.05) is 18.2 Å². The predicted molar refractivity (Wildman–Crippen MR) is 61.5 cm³/mol. The third kappa shape index (κ3) is 1.84. The summed E-state index contributed by atoms with van der Waals surface area (Å²) in [7, 11) is 0. The average Bonchev–Trinajstić information content (AvgIpc) is 2.25. The average molecular weight is 199 g/mol. The molecule has 0 aliphatic heterocycles. The van der Waals surface area contributed by atoms with E-state index >= 15 is 0 Å². The molecular formula is C13H13NO. The maximum Gasteiger partial charge on any atom is 0.184 e. The topological polar surface area (TPSA) is 22.0 Å². The summed E-state index contributed by atoms with van der Waals surface area (Å²) in [6.45, 7) is 3.77. The number of aromatic nitrogens is 1. The van der Waals surface area contributed by atoms with E-state index in [4.69, 9.17) is 0 Å². The van der Waals surface area contributed by atoms with Crippen LogP contribution in [0, 0.1) is 13.8 Å². The van der Waals surface area contributed by atoms with Gasteiger partial charge in [0, 0.05) is 29.2 Å². The zero-order valence-corrected chi connectivity index (χ0v) is 8.90. The highest BCUT2D eigenvalue weighted by atomic mass is 16.1. The van der Waals surface area contributed by atoms with Crippen molar-refractivity contribution in [2.75, 3.05) is 0 Å². The molecule has 0 unspecified atom stereocenters. The lowest BCUT2D eigenvalue weighted by molar-refractivity contribution is 0.959. The molecule has 0 saturated carbocycles. The predicted octanol–water partition coefficient (Wildman–Crippen LogP) is 2.45. The minimum atomic E-state index is 0.0969. The molecule has 1 aromatic carbocycles. The summed E-state index contributed by atoms with van der Waals surface area (Å²) in [5.41, 5.74) is 2.90. The first-order valence-corrected chi connectivity index (χ1v) is 4.94. The zero-order valence-electron chi connectivity index (χ0n) is 8.90. The molecule has 1 heterocycles. The molecule has 0 bridgehead atoms. The van der Waals surface area contributed by atoms with E-state index < -0.39 is 0 Å². The van der Waals surface area contributed by atoms with Gasteiger partial charge in [-0.15, -0.1) is 0 Å². The van der Waals surface area contributed by atoms with Crippen LogP contribution in [0.15, 0.2) is 47.4 Å². The number of hydrogen-bond acceptors (Lipinski definition) is 1. The maximum atomic E-state index is 11.4. The van der Waals surface area contributed by atoms with Crippen molar-refractivity contribution in [3.63, 3.8) is 0 Å². The number of rotatable bonds is 1. The van der Waals surface area contributed by atoms with Crippen LogP contribution in [0.3, 0.4) is 0 Å². The molecule has 0 atom stereocenters. The molecule has 0 aliphatic rings. The molecule has 0 radical (unpaired) electrons. The van der Waals surface area contributed by atoms with Gasteiger partial charge in [0.2, 0.25) is 0 Å². The Morgan fingerprint density at radius 1 is 1.07 bits per heavy atom. The standard InChI is InChI=1S/C13H13NO/c1-10-9-14(11(2)8-13(10)15)12-6-4-3-5-7-12/h3-9H,1-2H3. The zero-order chi connectivity index (χ0) is 10.8. The fourth-order valence-electron chi connectivity index (χ4n) is 1.60. The van der Waals surface area contributed by atoms with Crippen molar-refractivity contribution in [2.45, 2.75) is 13.8 Å². The second-order valence-electron chi connectivity index (χ2n) is 3.67. The van der Waals surface area contributed by atoms with Crippen molar-refractivity contribution < 1.29 is 0 Å². The lowest BCUT2D eigenvalue weighted by atomic mass is 10.2. The fraction of sp³-hybridized carbons (Fsp3) is 0.154. The fourth-order valence-corrected chi connectivity index (χ4v) is 1.60. The van der Waals surface area contributed by atoms with Crippen LogP contribution in [0.5, 0.6) is 0 Å². The molecule has 0 amide bonds. The molecule has 0 aliphatic carbocycles. The summed E-state index contributed by atoms with van der Waals surface area (Å²) < 4.78 is 2.02. The van der Waals surface area contributed by atoms with Crippen LogP contribution in [0.25, 0.3) is 5.69 Å². The SMILES string of the molecule is Cc1cn(-c2ccccc2)c(C)cc1=O. The van der Waals surface area contributed by atoms with Crippen molar-refractivity contribution in [3.8, 4) is 5.69 Å². The Labute approximate surface area is 88.8 Å². The number of para-hydroxylation sites is 1. The Kier molecular flexibility index (Phi) is 2.42. The minimum Gasteiger partial charge on any atom is -0.321 e. The molecule has 76 valence electrons. The Morgan fingerprint density at radius 2 is 1.73 bits per heavy atom. The lowest BCUT2D eigenvalue weighted by Gasteiger charge is -2.10. The Bertz CT molecular complexity index is 526. The number of aryl methyl sites for hydroxylation is 2. The van der Waals surface area contributed by atoms with E-state index in [0.29, 0.717) is 0 Å². The van der Waals surface area contributed by atoms with E-state index in [1.165, 1.54) is 0 Å². The summed E-state index contributed by atoms with van der Waals surface area (Å²) >= 11 is 0.